The van der Waals surface area contributed by atoms with Gasteiger partial charge in [-0.3, -0.25) is 4.79 Å². The summed E-state index contributed by atoms with van der Waals surface area (Å²) in [5, 5.41) is 0. The maximum absolute atomic E-state index is 12.7. The lowest BCUT2D eigenvalue weighted by Crippen LogP contribution is -2.40. The number of carbonyl (C=O) groups excluding carboxylic acids is 1. The van der Waals surface area contributed by atoms with Gasteiger partial charge in [0.25, 0.3) is 0 Å². The van der Waals surface area contributed by atoms with Crippen molar-refractivity contribution in [3.05, 3.63) is 53.6 Å². The largest absolute Gasteiger partial charge is 0.379 e. The molecule has 2 aromatic carbocycles. The Morgan fingerprint density at radius 3 is 2.28 bits per heavy atom. The molecule has 2 aromatic rings. The molecule has 172 valence electrons. The van der Waals surface area contributed by atoms with Crippen LogP contribution in [0.15, 0.2) is 52.3 Å². The van der Waals surface area contributed by atoms with E-state index in [-0.39, 0.29) is 22.2 Å². The predicted molar refractivity (Wildman–Crippen MR) is 118 cm³/mol. The molecule has 0 aromatic heterocycles. The predicted octanol–water partition coefficient (Wildman–Crippen LogP) is 1.10. The van der Waals surface area contributed by atoms with E-state index in [4.69, 9.17) is 4.74 Å². The Bertz CT molecular complexity index is 1220. The summed E-state index contributed by atoms with van der Waals surface area (Å²) < 4.78 is 60.0. The molecule has 4 rings (SSSR count). The Balaban J connectivity index is 1.44. The summed E-state index contributed by atoms with van der Waals surface area (Å²) >= 11 is 0. The van der Waals surface area contributed by atoms with Gasteiger partial charge >= 0.3 is 0 Å². The molecule has 0 radical (unpaired) electrons. The van der Waals surface area contributed by atoms with Crippen molar-refractivity contribution in [3.8, 4) is 0 Å². The van der Waals surface area contributed by atoms with Crippen LogP contribution in [-0.2, 0) is 42.5 Å². The Labute approximate surface area is 188 Å². The molecule has 2 aliphatic heterocycles. The first-order valence-corrected chi connectivity index (χ1v) is 13.2. The number of nitrogens with zero attached hydrogens (tertiary/aromatic N) is 2. The molecule has 1 saturated heterocycles. The second-order valence-electron chi connectivity index (χ2n) is 7.70. The van der Waals surface area contributed by atoms with Gasteiger partial charge in [0.15, 0.2) is 0 Å². The Morgan fingerprint density at radius 1 is 0.969 bits per heavy atom. The van der Waals surface area contributed by atoms with Crippen LogP contribution in [-0.4, -0.2) is 59.9 Å². The summed E-state index contributed by atoms with van der Waals surface area (Å²) in [5.41, 5.74) is 2.20. The van der Waals surface area contributed by atoms with Crippen LogP contribution in [0.4, 0.5) is 5.69 Å². The van der Waals surface area contributed by atoms with E-state index in [2.05, 4.69) is 4.72 Å². The molecule has 0 unspecified atom stereocenters. The maximum atomic E-state index is 12.7. The number of amides is 1. The number of morpholine rings is 1. The maximum Gasteiger partial charge on any atom is 0.243 e. The van der Waals surface area contributed by atoms with Crippen LogP contribution in [0.2, 0.25) is 0 Å². The molecule has 2 heterocycles. The van der Waals surface area contributed by atoms with Gasteiger partial charge in [-0.05, 0) is 47.9 Å². The van der Waals surface area contributed by atoms with Crippen molar-refractivity contribution in [1.82, 2.24) is 9.03 Å². The van der Waals surface area contributed by atoms with Crippen LogP contribution in [0, 0.1) is 0 Å². The summed E-state index contributed by atoms with van der Waals surface area (Å²) in [5.74, 6) is -0.0726. The number of sulfonamides is 2. The standard InChI is InChI=1S/C21H25N3O6S2/c1-16(25)24-9-8-18-14-20(6-7-21(18)24)31(26,27)22-15-17-2-4-19(5-3-17)32(28,29)23-10-12-30-13-11-23/h2-7,14,22H,8-13,15H2,1H3. The molecule has 32 heavy (non-hydrogen) atoms. The van der Waals surface area contributed by atoms with E-state index in [1.807, 2.05) is 0 Å². The van der Waals surface area contributed by atoms with E-state index < -0.39 is 20.0 Å². The van der Waals surface area contributed by atoms with Crippen LogP contribution in [0.5, 0.6) is 0 Å². The Kier molecular flexibility index (Phi) is 6.37. The van der Waals surface area contributed by atoms with Gasteiger partial charge < -0.3 is 9.64 Å². The minimum absolute atomic E-state index is 0.0247. The first-order chi connectivity index (χ1) is 15.2. The lowest BCUT2D eigenvalue weighted by Gasteiger charge is -2.26. The molecule has 2 aliphatic rings. The van der Waals surface area contributed by atoms with E-state index in [1.165, 1.54) is 29.4 Å². The zero-order valence-corrected chi connectivity index (χ0v) is 19.3. The summed E-state index contributed by atoms with van der Waals surface area (Å²) in [6.45, 7) is 3.42. The fourth-order valence-corrected chi connectivity index (χ4v) is 6.33. The molecule has 0 bridgehead atoms. The summed E-state index contributed by atoms with van der Waals surface area (Å²) in [6.07, 6.45) is 0.608. The minimum Gasteiger partial charge on any atom is -0.379 e. The minimum atomic E-state index is -3.77. The highest BCUT2D eigenvalue weighted by Gasteiger charge is 2.27. The molecule has 11 heteroatoms. The first-order valence-electron chi connectivity index (χ1n) is 10.3. The highest BCUT2D eigenvalue weighted by Crippen LogP contribution is 2.30. The van der Waals surface area contributed by atoms with Gasteiger partial charge in [0, 0.05) is 38.8 Å². The third kappa shape index (κ3) is 4.57. The Morgan fingerprint density at radius 2 is 1.62 bits per heavy atom. The Hall–Kier alpha value is -2.31. The fourth-order valence-electron chi connectivity index (χ4n) is 3.85. The van der Waals surface area contributed by atoms with E-state index in [0.29, 0.717) is 44.8 Å². The molecule has 1 fully saturated rings. The smallest absolute Gasteiger partial charge is 0.243 e. The number of hydrogen-bond donors (Lipinski definition) is 1. The average Bonchev–Trinajstić information content (AvgIpc) is 3.22. The summed E-state index contributed by atoms with van der Waals surface area (Å²) in [4.78, 5) is 13.6. The number of nitrogens with one attached hydrogen (secondary N) is 1. The number of rotatable bonds is 6. The molecule has 1 N–H and O–H groups in total. The lowest BCUT2D eigenvalue weighted by atomic mass is 10.2. The third-order valence-corrected chi connectivity index (χ3v) is 8.95. The van der Waals surface area contributed by atoms with Crippen LogP contribution < -0.4 is 9.62 Å². The molecule has 0 spiro atoms. The van der Waals surface area contributed by atoms with Crippen LogP contribution in [0.25, 0.3) is 0 Å². The molecule has 0 saturated carbocycles. The molecular formula is C21H25N3O6S2. The quantitative estimate of drug-likeness (QED) is 0.664. The topological polar surface area (TPSA) is 113 Å². The fraction of sp³-hybridized carbons (Fsp3) is 0.381. The number of anilines is 1. The van der Waals surface area contributed by atoms with Gasteiger partial charge in [0.05, 0.1) is 23.0 Å². The van der Waals surface area contributed by atoms with Crippen LogP contribution >= 0.6 is 0 Å². The van der Waals surface area contributed by atoms with Crippen molar-refractivity contribution in [2.24, 2.45) is 0 Å². The first kappa shape index (κ1) is 22.9. The van der Waals surface area contributed by atoms with E-state index >= 15 is 0 Å². The number of carbonyl (C=O) groups is 1. The molecule has 0 atom stereocenters. The zero-order chi connectivity index (χ0) is 22.9. The molecular weight excluding hydrogens is 454 g/mol. The van der Waals surface area contributed by atoms with E-state index in [1.54, 1.807) is 29.2 Å². The normalized spacial score (nSPS) is 17.3. The molecule has 9 nitrogen and oxygen atoms in total. The van der Waals surface area contributed by atoms with Gasteiger partial charge in [-0.2, -0.15) is 4.31 Å². The number of benzene rings is 2. The summed E-state index contributed by atoms with van der Waals surface area (Å²) in [7, 11) is -7.36. The number of hydrogen-bond acceptors (Lipinski definition) is 6. The van der Waals surface area contributed by atoms with Gasteiger partial charge in [-0.25, -0.2) is 21.6 Å². The van der Waals surface area contributed by atoms with Gasteiger partial charge in [-0.1, -0.05) is 12.1 Å². The molecule has 0 aliphatic carbocycles. The van der Waals surface area contributed by atoms with E-state index in [9.17, 15) is 21.6 Å². The van der Waals surface area contributed by atoms with Gasteiger partial charge in [0.1, 0.15) is 0 Å². The highest BCUT2D eigenvalue weighted by molar-refractivity contribution is 7.89. The zero-order valence-electron chi connectivity index (χ0n) is 17.7. The SMILES string of the molecule is CC(=O)N1CCc2cc(S(=O)(=O)NCc3ccc(S(=O)(=O)N4CCOCC4)cc3)ccc21. The summed E-state index contributed by atoms with van der Waals surface area (Å²) in [6, 6.07) is 10.9. The number of fused-ring (bicyclic) bond motifs is 1. The van der Waals surface area contributed by atoms with Crippen molar-refractivity contribution < 1.29 is 26.4 Å². The average molecular weight is 480 g/mol. The van der Waals surface area contributed by atoms with Gasteiger partial charge in [-0.15, -0.1) is 0 Å². The van der Waals surface area contributed by atoms with Crippen molar-refractivity contribution in [2.45, 2.75) is 29.7 Å². The van der Waals surface area contributed by atoms with Gasteiger partial charge in [0.2, 0.25) is 26.0 Å². The monoisotopic (exact) mass is 479 g/mol. The van der Waals surface area contributed by atoms with Crippen molar-refractivity contribution in [2.75, 3.05) is 37.7 Å². The second kappa shape index (κ2) is 8.91. The van der Waals surface area contributed by atoms with E-state index in [0.717, 1.165) is 11.3 Å². The lowest BCUT2D eigenvalue weighted by molar-refractivity contribution is -0.116. The van der Waals surface area contributed by atoms with Crippen molar-refractivity contribution in [1.29, 1.82) is 0 Å². The third-order valence-electron chi connectivity index (χ3n) is 5.63. The van der Waals surface area contributed by atoms with Crippen molar-refractivity contribution >= 4 is 31.6 Å². The van der Waals surface area contributed by atoms with Crippen LogP contribution in [0.1, 0.15) is 18.1 Å². The van der Waals surface area contributed by atoms with Crippen molar-refractivity contribution in [3.63, 3.8) is 0 Å². The number of ether oxygens (including phenoxy) is 1. The van der Waals surface area contributed by atoms with Crippen LogP contribution in [0.3, 0.4) is 0 Å². The second-order valence-corrected chi connectivity index (χ2v) is 11.4. The molecule has 1 amide bonds. The highest BCUT2D eigenvalue weighted by atomic mass is 32.2.